The Hall–Kier alpha value is -2.13. The third kappa shape index (κ3) is 2.89. The molecular formula is C16H13ClN3. The van der Waals surface area contributed by atoms with Gasteiger partial charge in [0.25, 0.3) is 0 Å². The van der Waals surface area contributed by atoms with Gasteiger partial charge < -0.3 is 5.32 Å². The van der Waals surface area contributed by atoms with Crippen LogP contribution in [0.15, 0.2) is 60.6 Å². The van der Waals surface area contributed by atoms with E-state index < -0.39 is 0 Å². The fourth-order valence-corrected chi connectivity index (χ4v) is 2.23. The van der Waals surface area contributed by atoms with E-state index in [1.807, 2.05) is 42.5 Å². The van der Waals surface area contributed by atoms with Gasteiger partial charge in [-0.3, -0.25) is 0 Å². The number of halogens is 1. The molecule has 0 bridgehead atoms. The van der Waals surface area contributed by atoms with E-state index in [-0.39, 0.29) is 0 Å². The Morgan fingerprint density at radius 1 is 1.15 bits per heavy atom. The first-order valence-electron chi connectivity index (χ1n) is 6.37. The molecule has 99 valence electrons. The van der Waals surface area contributed by atoms with Crippen molar-refractivity contribution in [2.75, 3.05) is 5.32 Å². The topological polar surface area (TPSA) is 37.8 Å². The lowest BCUT2D eigenvalue weighted by atomic mass is 10.1. The van der Waals surface area contributed by atoms with E-state index in [1.54, 1.807) is 6.33 Å². The third-order valence-electron chi connectivity index (χ3n) is 2.98. The summed E-state index contributed by atoms with van der Waals surface area (Å²) in [6.45, 7) is 0. The van der Waals surface area contributed by atoms with Gasteiger partial charge in [-0.15, -0.1) is 0 Å². The number of aromatic nitrogens is 2. The van der Waals surface area contributed by atoms with E-state index in [1.165, 1.54) is 0 Å². The molecule has 0 fully saturated rings. The summed E-state index contributed by atoms with van der Waals surface area (Å²) in [4.78, 5) is 8.52. The lowest BCUT2D eigenvalue weighted by molar-refractivity contribution is 1.15. The van der Waals surface area contributed by atoms with Crippen molar-refractivity contribution in [3.63, 3.8) is 0 Å². The summed E-state index contributed by atoms with van der Waals surface area (Å²) >= 11 is 6.20. The largest absolute Gasteiger partial charge is 0.340 e. The molecule has 0 atom stereocenters. The van der Waals surface area contributed by atoms with Crippen LogP contribution in [-0.2, 0) is 0 Å². The second-order valence-corrected chi connectivity index (χ2v) is 4.79. The fraction of sp³-hybridized carbons (Fsp3) is 0.0625. The molecule has 0 amide bonds. The molecule has 0 saturated carbocycles. The molecule has 1 aliphatic carbocycles. The van der Waals surface area contributed by atoms with E-state index in [4.69, 9.17) is 11.6 Å². The molecule has 20 heavy (non-hydrogen) atoms. The molecule has 2 aromatic rings. The first-order chi connectivity index (χ1) is 9.83. The molecule has 0 aliphatic heterocycles. The summed E-state index contributed by atoms with van der Waals surface area (Å²) in [5.74, 6) is 0.757. The Morgan fingerprint density at radius 3 is 2.85 bits per heavy atom. The Bertz CT molecular complexity index is 677. The maximum Gasteiger partial charge on any atom is 0.134 e. The van der Waals surface area contributed by atoms with Gasteiger partial charge in [-0.2, -0.15) is 0 Å². The molecule has 3 nitrogen and oxygen atoms in total. The highest BCUT2D eigenvalue weighted by molar-refractivity contribution is 6.33. The lowest BCUT2D eigenvalue weighted by Gasteiger charge is -2.10. The average molecular weight is 283 g/mol. The monoisotopic (exact) mass is 282 g/mol. The molecule has 3 rings (SSSR count). The van der Waals surface area contributed by atoms with Crippen LogP contribution >= 0.6 is 11.6 Å². The molecule has 1 heterocycles. The smallest absolute Gasteiger partial charge is 0.134 e. The van der Waals surface area contributed by atoms with Crippen molar-refractivity contribution < 1.29 is 0 Å². The Kier molecular flexibility index (Phi) is 3.79. The van der Waals surface area contributed by atoms with E-state index in [0.717, 1.165) is 29.2 Å². The first kappa shape index (κ1) is 12.9. The van der Waals surface area contributed by atoms with Gasteiger partial charge in [0, 0.05) is 22.3 Å². The second-order valence-electron chi connectivity index (χ2n) is 4.38. The van der Waals surface area contributed by atoms with Crippen LogP contribution in [0.3, 0.4) is 0 Å². The van der Waals surface area contributed by atoms with Crippen molar-refractivity contribution in [2.45, 2.75) is 6.42 Å². The number of anilines is 1. The van der Waals surface area contributed by atoms with Crippen LogP contribution in [0.5, 0.6) is 0 Å². The number of nitrogens with one attached hydrogen (secondary N) is 1. The molecule has 0 unspecified atom stereocenters. The van der Waals surface area contributed by atoms with Crippen molar-refractivity contribution >= 4 is 17.4 Å². The van der Waals surface area contributed by atoms with E-state index in [0.29, 0.717) is 5.02 Å². The Balaban J connectivity index is 1.88. The minimum Gasteiger partial charge on any atom is -0.340 e. The first-order valence-corrected chi connectivity index (χ1v) is 6.75. The highest BCUT2D eigenvalue weighted by atomic mass is 35.5. The van der Waals surface area contributed by atoms with Gasteiger partial charge in [0.15, 0.2) is 0 Å². The van der Waals surface area contributed by atoms with Gasteiger partial charge in [-0.05, 0) is 25.0 Å². The van der Waals surface area contributed by atoms with Crippen LogP contribution in [0.2, 0.25) is 5.02 Å². The molecule has 1 aromatic heterocycles. The number of nitrogens with zero attached hydrogens (tertiary/aromatic N) is 2. The fourth-order valence-electron chi connectivity index (χ4n) is 2.00. The second kappa shape index (κ2) is 5.88. The van der Waals surface area contributed by atoms with Gasteiger partial charge in [-0.25, -0.2) is 9.97 Å². The molecule has 0 saturated heterocycles. The van der Waals surface area contributed by atoms with Crippen molar-refractivity contribution in [2.24, 2.45) is 0 Å². The summed E-state index contributed by atoms with van der Waals surface area (Å²) in [6.07, 6.45) is 10.7. The molecule has 1 N–H and O–H groups in total. The van der Waals surface area contributed by atoms with Crippen molar-refractivity contribution in [1.29, 1.82) is 0 Å². The molecule has 4 heteroatoms. The van der Waals surface area contributed by atoms with Crippen LogP contribution in [-0.4, -0.2) is 9.97 Å². The summed E-state index contributed by atoms with van der Waals surface area (Å²) in [5.41, 5.74) is 2.75. The number of hydrogen-bond acceptors (Lipinski definition) is 3. The number of hydrogen-bond donors (Lipinski definition) is 1. The zero-order valence-corrected chi connectivity index (χ0v) is 11.5. The van der Waals surface area contributed by atoms with Crippen LogP contribution in [0.4, 0.5) is 5.82 Å². The van der Waals surface area contributed by atoms with Gasteiger partial charge in [-0.1, -0.05) is 42.0 Å². The normalized spacial score (nSPS) is 13.9. The number of allylic oxidation sites excluding steroid dienone is 3. The maximum atomic E-state index is 6.20. The van der Waals surface area contributed by atoms with Gasteiger partial charge >= 0.3 is 0 Å². The van der Waals surface area contributed by atoms with Crippen LogP contribution in [0.25, 0.3) is 11.3 Å². The average Bonchev–Trinajstić information content (AvgIpc) is 2.49. The van der Waals surface area contributed by atoms with Gasteiger partial charge in [0.05, 0.1) is 5.69 Å². The highest BCUT2D eigenvalue weighted by Crippen LogP contribution is 2.27. The van der Waals surface area contributed by atoms with Crippen molar-refractivity contribution in [1.82, 2.24) is 9.97 Å². The number of benzene rings is 1. The van der Waals surface area contributed by atoms with Crippen molar-refractivity contribution in [3.8, 4) is 11.3 Å². The van der Waals surface area contributed by atoms with Crippen molar-refractivity contribution in [3.05, 3.63) is 72.0 Å². The van der Waals surface area contributed by atoms with Crippen LogP contribution in [0, 0.1) is 6.42 Å². The quantitative estimate of drug-likeness (QED) is 0.914. The maximum absolute atomic E-state index is 6.20. The Labute approximate surface area is 123 Å². The third-order valence-corrected chi connectivity index (χ3v) is 3.30. The Morgan fingerprint density at radius 2 is 2.05 bits per heavy atom. The summed E-state index contributed by atoms with van der Waals surface area (Å²) in [6, 6.07) is 9.55. The zero-order chi connectivity index (χ0) is 13.8. The summed E-state index contributed by atoms with van der Waals surface area (Å²) in [7, 11) is 0. The summed E-state index contributed by atoms with van der Waals surface area (Å²) < 4.78 is 0. The minimum absolute atomic E-state index is 0.684. The number of rotatable bonds is 3. The van der Waals surface area contributed by atoms with Crippen LogP contribution < -0.4 is 5.32 Å². The van der Waals surface area contributed by atoms with E-state index >= 15 is 0 Å². The predicted octanol–water partition coefficient (Wildman–Crippen LogP) is 4.26. The molecular weight excluding hydrogens is 270 g/mol. The zero-order valence-electron chi connectivity index (χ0n) is 10.8. The van der Waals surface area contributed by atoms with E-state index in [2.05, 4.69) is 27.8 Å². The highest BCUT2D eigenvalue weighted by Gasteiger charge is 2.06. The SMILES string of the molecule is Clc1ccccc1-c1cc(NC2=CC[CH]C=C2)ncn1. The molecule has 1 aromatic carbocycles. The van der Waals surface area contributed by atoms with Gasteiger partial charge in [0.1, 0.15) is 12.1 Å². The molecule has 0 spiro atoms. The van der Waals surface area contributed by atoms with Gasteiger partial charge in [0.2, 0.25) is 0 Å². The summed E-state index contributed by atoms with van der Waals surface area (Å²) in [5, 5.41) is 3.95. The van der Waals surface area contributed by atoms with E-state index in [9.17, 15) is 0 Å². The van der Waals surface area contributed by atoms with Crippen LogP contribution in [0.1, 0.15) is 6.42 Å². The minimum atomic E-state index is 0.684. The standard InChI is InChI=1S/C16H13ClN3/c17-14-9-5-4-8-13(14)15-10-16(19-11-18-15)20-12-6-2-1-3-7-12/h1-2,4-11H,3H2,(H,18,19,20). The predicted molar refractivity (Wildman–Crippen MR) is 82.2 cm³/mol. The molecule has 1 aliphatic rings. The lowest BCUT2D eigenvalue weighted by Crippen LogP contribution is -2.02. The molecule has 1 radical (unpaired) electrons.